The molecule has 7 nitrogen and oxygen atoms in total. The van der Waals surface area contributed by atoms with E-state index in [-0.39, 0.29) is 28.9 Å². The van der Waals surface area contributed by atoms with E-state index in [9.17, 15) is 18.0 Å². The first-order valence-electron chi connectivity index (χ1n) is 9.02. The number of carbonyl (C=O) groups is 1. The van der Waals surface area contributed by atoms with Crippen LogP contribution in [0.25, 0.3) is 21.9 Å². The van der Waals surface area contributed by atoms with Gasteiger partial charge in [-0.2, -0.15) is 18.3 Å². The lowest BCUT2D eigenvalue weighted by Gasteiger charge is -2.22. The zero-order valence-electron chi connectivity index (χ0n) is 16.0. The normalized spacial score (nSPS) is 17.3. The number of ether oxygens (including phenoxy) is 3. The van der Waals surface area contributed by atoms with Gasteiger partial charge >= 0.3 is 6.18 Å². The second kappa shape index (κ2) is 8.93. The number of benzene rings is 1. The Kier molecular flexibility index (Phi) is 6.56. The molecular formula is C19H21F3N2O5. The third-order valence-corrected chi connectivity index (χ3v) is 4.36. The van der Waals surface area contributed by atoms with Crippen LogP contribution in [-0.2, 0) is 26.9 Å². The van der Waals surface area contributed by atoms with Crippen molar-refractivity contribution in [3.05, 3.63) is 29.7 Å². The summed E-state index contributed by atoms with van der Waals surface area (Å²) in [5.41, 5.74) is -0.978. The average Bonchev–Trinajstić information content (AvgIpc) is 3.28. The minimum Gasteiger partial charge on any atom is -0.453 e. The molecule has 2 aromatic heterocycles. The lowest BCUT2D eigenvalue weighted by molar-refractivity contribution is -0.137. The van der Waals surface area contributed by atoms with Gasteiger partial charge in [0.2, 0.25) is 0 Å². The Hall–Kier alpha value is -2.43. The maximum atomic E-state index is 13.4. The molecule has 0 saturated carbocycles. The van der Waals surface area contributed by atoms with Crippen molar-refractivity contribution in [2.75, 3.05) is 33.5 Å². The smallest absolute Gasteiger partial charge is 0.420 e. The molecule has 1 aliphatic rings. The highest BCUT2D eigenvalue weighted by atomic mass is 19.4. The number of aldehydes is 1. The first kappa shape index (κ1) is 21.3. The lowest BCUT2D eigenvalue weighted by Crippen LogP contribution is -2.32. The molecule has 0 amide bonds. The summed E-state index contributed by atoms with van der Waals surface area (Å²) in [5, 5.41) is 4.58. The highest BCUT2D eigenvalue weighted by Gasteiger charge is 2.39. The molecule has 3 heterocycles. The van der Waals surface area contributed by atoms with Crippen LogP contribution in [0.1, 0.15) is 23.0 Å². The first-order valence-corrected chi connectivity index (χ1v) is 9.02. The average molecular weight is 414 g/mol. The van der Waals surface area contributed by atoms with Crippen molar-refractivity contribution >= 4 is 28.2 Å². The lowest BCUT2D eigenvalue weighted by atomic mass is 10.1. The highest BCUT2D eigenvalue weighted by Crippen LogP contribution is 2.41. The summed E-state index contributed by atoms with van der Waals surface area (Å²) in [6.45, 7) is 4.53. The molecule has 1 aliphatic heterocycles. The third-order valence-electron chi connectivity index (χ3n) is 4.36. The maximum absolute atomic E-state index is 13.4. The Morgan fingerprint density at radius 2 is 2.10 bits per heavy atom. The van der Waals surface area contributed by atoms with E-state index in [0.717, 1.165) is 6.61 Å². The van der Waals surface area contributed by atoms with Crippen molar-refractivity contribution in [2.24, 2.45) is 0 Å². The van der Waals surface area contributed by atoms with Crippen molar-refractivity contribution in [1.29, 1.82) is 0 Å². The van der Waals surface area contributed by atoms with E-state index in [2.05, 4.69) is 9.84 Å². The molecule has 1 aromatic carbocycles. The van der Waals surface area contributed by atoms with E-state index < -0.39 is 17.5 Å². The topological polar surface area (TPSA) is 75.7 Å². The highest BCUT2D eigenvalue weighted by molar-refractivity contribution is 6.07. The third kappa shape index (κ3) is 4.60. The van der Waals surface area contributed by atoms with Gasteiger partial charge in [0.05, 0.1) is 31.8 Å². The number of fused-ring (bicyclic) bond motifs is 3. The standard InChI is InChI=1S/C16H13F3N2O4.C3H8O/c17-16(18,19)14-12(7-22)25-11-2-1-9-5-21(20-15(9)13(11)14)6-10-8-23-3-4-24-10;1-3-4-2/h1-2,5,7,10H,3-4,6,8H2;3H2,1-2H3. The summed E-state index contributed by atoms with van der Waals surface area (Å²) in [6.07, 6.45) is -3.23. The van der Waals surface area contributed by atoms with Crippen LogP contribution < -0.4 is 0 Å². The number of methoxy groups -OCH3 is 1. The fourth-order valence-corrected chi connectivity index (χ4v) is 3.05. The van der Waals surface area contributed by atoms with Gasteiger partial charge in [0.15, 0.2) is 12.0 Å². The van der Waals surface area contributed by atoms with Gasteiger partial charge in [-0.05, 0) is 19.1 Å². The summed E-state index contributed by atoms with van der Waals surface area (Å²) < 4.78 is 62.2. The molecule has 4 rings (SSSR count). The monoisotopic (exact) mass is 414 g/mol. The largest absolute Gasteiger partial charge is 0.453 e. The summed E-state index contributed by atoms with van der Waals surface area (Å²) in [6, 6.07) is 3.02. The van der Waals surface area contributed by atoms with Crippen LogP contribution in [-0.4, -0.2) is 55.7 Å². The minimum absolute atomic E-state index is 0.0237. The first-order chi connectivity index (χ1) is 13.9. The number of hydrogen-bond donors (Lipinski definition) is 0. The SMILES string of the molecule is CCOC.O=Cc1oc2ccc3cn(CC4COCCO4)nc3c2c1C(F)(F)F. The Balaban J connectivity index is 0.000000552. The molecule has 29 heavy (non-hydrogen) atoms. The molecule has 0 bridgehead atoms. The van der Waals surface area contributed by atoms with Crippen LogP contribution in [0.15, 0.2) is 22.7 Å². The van der Waals surface area contributed by atoms with Gasteiger partial charge in [-0.3, -0.25) is 9.48 Å². The summed E-state index contributed by atoms with van der Waals surface area (Å²) in [4.78, 5) is 11.0. The van der Waals surface area contributed by atoms with E-state index in [1.165, 1.54) is 10.7 Å². The molecule has 1 saturated heterocycles. The summed E-state index contributed by atoms with van der Waals surface area (Å²) in [7, 11) is 1.68. The molecule has 1 unspecified atom stereocenters. The van der Waals surface area contributed by atoms with E-state index in [4.69, 9.17) is 13.9 Å². The number of aromatic nitrogens is 2. The van der Waals surface area contributed by atoms with E-state index in [1.807, 2.05) is 6.92 Å². The zero-order valence-corrected chi connectivity index (χ0v) is 16.0. The zero-order chi connectivity index (χ0) is 21.0. The second-order valence-electron chi connectivity index (χ2n) is 6.33. The van der Waals surface area contributed by atoms with E-state index in [0.29, 0.717) is 31.8 Å². The summed E-state index contributed by atoms with van der Waals surface area (Å²) >= 11 is 0. The van der Waals surface area contributed by atoms with Crippen molar-refractivity contribution < 1.29 is 36.6 Å². The molecule has 0 radical (unpaired) electrons. The molecule has 3 aromatic rings. The second-order valence-corrected chi connectivity index (χ2v) is 6.33. The van der Waals surface area contributed by atoms with Crippen LogP contribution in [0.3, 0.4) is 0 Å². The van der Waals surface area contributed by atoms with E-state index >= 15 is 0 Å². The van der Waals surface area contributed by atoms with Gasteiger partial charge in [0.25, 0.3) is 0 Å². The van der Waals surface area contributed by atoms with Gasteiger partial charge in [-0.15, -0.1) is 0 Å². The van der Waals surface area contributed by atoms with Gasteiger partial charge in [0, 0.05) is 25.3 Å². The molecule has 0 N–H and O–H groups in total. The van der Waals surface area contributed by atoms with Crippen LogP contribution in [0, 0.1) is 0 Å². The van der Waals surface area contributed by atoms with Crippen LogP contribution in [0.4, 0.5) is 13.2 Å². The molecule has 10 heteroatoms. The molecule has 158 valence electrons. The quantitative estimate of drug-likeness (QED) is 0.607. The fraction of sp³-hybridized carbons (Fsp3) is 0.474. The van der Waals surface area contributed by atoms with Gasteiger partial charge in [-0.1, -0.05) is 0 Å². The van der Waals surface area contributed by atoms with Gasteiger partial charge in [-0.25, -0.2) is 0 Å². The van der Waals surface area contributed by atoms with E-state index in [1.54, 1.807) is 19.4 Å². The van der Waals surface area contributed by atoms with Crippen molar-refractivity contribution in [3.8, 4) is 0 Å². The minimum atomic E-state index is -4.72. The molecular weight excluding hydrogens is 393 g/mol. The maximum Gasteiger partial charge on any atom is 0.420 e. The Morgan fingerprint density at radius 3 is 2.69 bits per heavy atom. The molecule has 0 spiro atoms. The predicted octanol–water partition coefficient (Wildman–Crippen LogP) is 3.68. The Bertz CT molecular complexity index is 972. The van der Waals surface area contributed by atoms with Gasteiger partial charge < -0.3 is 18.6 Å². The number of hydrogen-bond acceptors (Lipinski definition) is 6. The predicted molar refractivity (Wildman–Crippen MR) is 98.0 cm³/mol. The van der Waals surface area contributed by atoms with Crippen LogP contribution >= 0.6 is 0 Å². The fourth-order valence-electron chi connectivity index (χ4n) is 3.05. The van der Waals surface area contributed by atoms with Crippen molar-refractivity contribution in [3.63, 3.8) is 0 Å². The number of halogens is 3. The number of nitrogens with zero attached hydrogens (tertiary/aromatic N) is 2. The van der Waals surface area contributed by atoms with Crippen molar-refractivity contribution in [1.82, 2.24) is 9.78 Å². The number of rotatable bonds is 4. The Morgan fingerprint density at radius 1 is 1.34 bits per heavy atom. The van der Waals surface area contributed by atoms with Gasteiger partial charge in [0.1, 0.15) is 22.8 Å². The molecule has 1 fully saturated rings. The number of alkyl halides is 3. The molecule has 1 atom stereocenters. The molecule has 0 aliphatic carbocycles. The van der Waals surface area contributed by atoms with Crippen LogP contribution in [0.2, 0.25) is 0 Å². The number of carbonyl (C=O) groups excluding carboxylic acids is 1. The number of furan rings is 1. The van der Waals surface area contributed by atoms with Crippen LogP contribution in [0.5, 0.6) is 0 Å². The summed E-state index contributed by atoms with van der Waals surface area (Å²) in [5.74, 6) is -0.742. The Labute approximate surface area is 164 Å². The van der Waals surface area contributed by atoms with Crippen molar-refractivity contribution in [2.45, 2.75) is 25.7 Å².